The van der Waals surface area contributed by atoms with Crippen LogP contribution in [0.1, 0.15) is 23.5 Å². The molecule has 0 aliphatic carbocycles. The molecule has 0 aliphatic rings. The Hall–Kier alpha value is -2.48. The molecular formula is C23H21FN2O2S2. The van der Waals surface area contributed by atoms with Gasteiger partial charge in [0, 0.05) is 22.7 Å². The van der Waals surface area contributed by atoms with Gasteiger partial charge in [-0.3, -0.25) is 9.36 Å². The number of aryl methyl sites for hydroxylation is 1. The van der Waals surface area contributed by atoms with E-state index in [4.69, 9.17) is 4.98 Å². The van der Waals surface area contributed by atoms with Crippen molar-refractivity contribution >= 4 is 33.3 Å². The zero-order chi connectivity index (χ0) is 21.3. The Labute approximate surface area is 182 Å². The average molecular weight is 441 g/mol. The molecule has 1 N–H and O–H groups in total. The van der Waals surface area contributed by atoms with Gasteiger partial charge >= 0.3 is 0 Å². The van der Waals surface area contributed by atoms with E-state index < -0.39 is 6.10 Å². The van der Waals surface area contributed by atoms with Crippen LogP contribution in [-0.2, 0) is 6.54 Å². The number of aromatic nitrogens is 2. The summed E-state index contributed by atoms with van der Waals surface area (Å²) in [4.78, 5) is 19.7. The predicted octanol–water partition coefficient (Wildman–Crippen LogP) is 5.42. The number of aliphatic hydroxyl groups excluding tert-OH is 1. The van der Waals surface area contributed by atoms with Crippen LogP contribution in [0.3, 0.4) is 0 Å². The van der Waals surface area contributed by atoms with Crippen LogP contribution in [0.15, 0.2) is 64.5 Å². The second kappa shape index (κ2) is 8.71. The van der Waals surface area contributed by atoms with E-state index in [-0.39, 0.29) is 11.4 Å². The van der Waals surface area contributed by atoms with Crippen molar-refractivity contribution in [2.24, 2.45) is 0 Å². The van der Waals surface area contributed by atoms with Gasteiger partial charge < -0.3 is 5.11 Å². The fraction of sp³-hybridized carbons (Fsp3) is 0.217. The largest absolute Gasteiger partial charge is 0.388 e. The minimum atomic E-state index is -0.644. The number of halogens is 1. The molecule has 154 valence electrons. The number of rotatable bonds is 6. The van der Waals surface area contributed by atoms with Crippen LogP contribution < -0.4 is 5.56 Å². The highest BCUT2D eigenvalue weighted by Crippen LogP contribution is 2.37. The van der Waals surface area contributed by atoms with Gasteiger partial charge in [0.2, 0.25) is 0 Å². The molecule has 0 amide bonds. The number of hydrogen-bond donors (Lipinski definition) is 1. The minimum Gasteiger partial charge on any atom is -0.388 e. The Morgan fingerprint density at radius 2 is 1.87 bits per heavy atom. The number of thioether (sulfide) groups is 1. The smallest absolute Gasteiger partial charge is 0.263 e. The summed E-state index contributed by atoms with van der Waals surface area (Å²) in [5.41, 5.74) is 2.35. The van der Waals surface area contributed by atoms with Crippen molar-refractivity contribution in [1.29, 1.82) is 0 Å². The summed E-state index contributed by atoms with van der Waals surface area (Å²) in [6.45, 7) is 4.33. The van der Waals surface area contributed by atoms with Gasteiger partial charge in [-0.1, -0.05) is 54.2 Å². The second-order valence-corrected chi connectivity index (χ2v) is 9.09. The van der Waals surface area contributed by atoms with Crippen LogP contribution in [0.25, 0.3) is 21.3 Å². The lowest BCUT2D eigenvalue weighted by Gasteiger charge is -2.13. The highest BCUT2D eigenvalue weighted by atomic mass is 32.2. The maximum absolute atomic E-state index is 13.4. The van der Waals surface area contributed by atoms with Gasteiger partial charge in [0.25, 0.3) is 5.56 Å². The summed E-state index contributed by atoms with van der Waals surface area (Å²) < 4.78 is 15.0. The SMILES string of the molecule is CCn1c(SCC(O)c2ccccc2)nc2sc(C)c(-c3ccc(F)cc3)c2c1=O. The Balaban J connectivity index is 1.74. The lowest BCUT2D eigenvalue weighted by atomic mass is 10.0. The number of fused-ring (bicyclic) bond motifs is 1. The maximum Gasteiger partial charge on any atom is 0.263 e. The fourth-order valence-electron chi connectivity index (χ4n) is 3.45. The molecule has 4 aromatic rings. The predicted molar refractivity (Wildman–Crippen MR) is 122 cm³/mol. The molecule has 0 aliphatic heterocycles. The first-order valence-electron chi connectivity index (χ1n) is 9.65. The van der Waals surface area contributed by atoms with Crippen molar-refractivity contribution in [3.63, 3.8) is 0 Å². The highest BCUT2D eigenvalue weighted by Gasteiger charge is 2.20. The Morgan fingerprint density at radius 3 is 2.53 bits per heavy atom. The summed E-state index contributed by atoms with van der Waals surface area (Å²) >= 11 is 2.84. The first-order chi connectivity index (χ1) is 14.5. The lowest BCUT2D eigenvalue weighted by molar-refractivity contribution is 0.204. The van der Waals surface area contributed by atoms with Crippen LogP contribution in [0.4, 0.5) is 4.39 Å². The van der Waals surface area contributed by atoms with Gasteiger partial charge in [-0.15, -0.1) is 11.3 Å². The maximum atomic E-state index is 13.4. The summed E-state index contributed by atoms with van der Waals surface area (Å²) in [6, 6.07) is 15.6. The van der Waals surface area contributed by atoms with E-state index in [0.29, 0.717) is 27.7 Å². The van der Waals surface area contributed by atoms with E-state index in [9.17, 15) is 14.3 Å². The van der Waals surface area contributed by atoms with Crippen molar-refractivity contribution in [3.8, 4) is 11.1 Å². The monoisotopic (exact) mass is 440 g/mol. The number of benzene rings is 2. The average Bonchev–Trinajstić information content (AvgIpc) is 3.09. The molecule has 0 saturated carbocycles. The third-order valence-electron chi connectivity index (χ3n) is 4.96. The third-order valence-corrected chi connectivity index (χ3v) is 7.01. The lowest BCUT2D eigenvalue weighted by Crippen LogP contribution is -2.22. The van der Waals surface area contributed by atoms with Gasteiger partial charge in [-0.2, -0.15) is 0 Å². The van der Waals surface area contributed by atoms with Crippen LogP contribution in [-0.4, -0.2) is 20.4 Å². The Kier molecular flexibility index (Phi) is 6.04. The standard InChI is InChI=1S/C23H21FN2O2S2/c1-3-26-22(28)20-19(16-9-11-17(24)12-10-16)14(2)30-21(20)25-23(26)29-13-18(27)15-7-5-4-6-8-15/h4-12,18,27H,3,13H2,1-2H3. The summed E-state index contributed by atoms with van der Waals surface area (Å²) in [5.74, 6) is 0.0904. The molecule has 2 heterocycles. The zero-order valence-electron chi connectivity index (χ0n) is 16.6. The molecule has 0 radical (unpaired) electrons. The summed E-state index contributed by atoms with van der Waals surface area (Å²) in [7, 11) is 0. The quantitative estimate of drug-likeness (QED) is 0.321. The van der Waals surface area contributed by atoms with Crippen LogP contribution in [0.5, 0.6) is 0 Å². The van der Waals surface area contributed by atoms with E-state index in [0.717, 1.165) is 21.6 Å². The van der Waals surface area contributed by atoms with E-state index in [1.165, 1.54) is 35.2 Å². The van der Waals surface area contributed by atoms with Crippen molar-refractivity contribution in [3.05, 3.63) is 81.2 Å². The highest BCUT2D eigenvalue weighted by molar-refractivity contribution is 7.99. The van der Waals surface area contributed by atoms with E-state index >= 15 is 0 Å². The van der Waals surface area contributed by atoms with E-state index in [2.05, 4.69) is 0 Å². The fourth-order valence-corrected chi connectivity index (χ4v) is 5.57. The third kappa shape index (κ3) is 3.93. The summed E-state index contributed by atoms with van der Waals surface area (Å²) in [5, 5.41) is 11.6. The number of thiophene rings is 1. The van der Waals surface area contributed by atoms with Gasteiger partial charge in [-0.05, 0) is 37.1 Å². The minimum absolute atomic E-state index is 0.108. The van der Waals surface area contributed by atoms with Gasteiger partial charge in [0.15, 0.2) is 5.16 Å². The molecule has 1 unspecified atom stereocenters. The molecule has 1 atom stereocenters. The second-order valence-electron chi connectivity index (χ2n) is 6.90. The molecule has 4 rings (SSSR count). The Morgan fingerprint density at radius 1 is 1.17 bits per heavy atom. The van der Waals surface area contributed by atoms with Crippen molar-refractivity contribution < 1.29 is 9.50 Å². The van der Waals surface area contributed by atoms with E-state index in [1.807, 2.05) is 44.2 Å². The first kappa shape index (κ1) is 20.8. The topological polar surface area (TPSA) is 55.1 Å². The molecule has 30 heavy (non-hydrogen) atoms. The molecule has 0 saturated heterocycles. The normalized spacial score (nSPS) is 12.4. The molecule has 0 fully saturated rings. The molecule has 4 nitrogen and oxygen atoms in total. The first-order valence-corrected chi connectivity index (χ1v) is 11.5. The summed E-state index contributed by atoms with van der Waals surface area (Å²) in [6.07, 6.45) is -0.644. The Bertz CT molecular complexity index is 1230. The number of aliphatic hydroxyl groups is 1. The molecule has 0 bridgehead atoms. The van der Waals surface area contributed by atoms with Gasteiger partial charge in [0.1, 0.15) is 10.6 Å². The van der Waals surface area contributed by atoms with E-state index in [1.54, 1.807) is 16.7 Å². The molecule has 7 heteroatoms. The van der Waals surface area contributed by atoms with Crippen LogP contribution >= 0.6 is 23.1 Å². The van der Waals surface area contributed by atoms with Crippen LogP contribution in [0, 0.1) is 12.7 Å². The molecule has 0 spiro atoms. The molecule has 2 aromatic heterocycles. The molecule has 2 aromatic carbocycles. The number of nitrogens with zero attached hydrogens (tertiary/aromatic N) is 2. The number of hydrogen-bond acceptors (Lipinski definition) is 5. The van der Waals surface area contributed by atoms with Gasteiger partial charge in [-0.25, -0.2) is 9.37 Å². The van der Waals surface area contributed by atoms with Crippen molar-refractivity contribution in [2.75, 3.05) is 5.75 Å². The van der Waals surface area contributed by atoms with Crippen molar-refractivity contribution in [1.82, 2.24) is 9.55 Å². The zero-order valence-corrected chi connectivity index (χ0v) is 18.3. The van der Waals surface area contributed by atoms with Crippen LogP contribution in [0.2, 0.25) is 0 Å². The molecular weight excluding hydrogens is 419 g/mol. The van der Waals surface area contributed by atoms with Gasteiger partial charge in [0.05, 0.1) is 11.5 Å². The van der Waals surface area contributed by atoms with Crippen molar-refractivity contribution in [2.45, 2.75) is 31.7 Å².